The predicted octanol–water partition coefficient (Wildman–Crippen LogP) is 4.02. The van der Waals surface area contributed by atoms with E-state index in [-0.39, 0.29) is 5.56 Å². The molecule has 7 nitrogen and oxygen atoms in total. The number of carboxylic acids is 1. The number of ether oxygens (including phenoxy) is 1. The summed E-state index contributed by atoms with van der Waals surface area (Å²) in [5, 5.41) is 21.5. The highest BCUT2D eigenvalue weighted by molar-refractivity contribution is 7.99. The van der Waals surface area contributed by atoms with Crippen LogP contribution in [0.3, 0.4) is 0 Å². The van der Waals surface area contributed by atoms with Crippen LogP contribution in [0.2, 0.25) is 0 Å². The molecule has 2 N–H and O–H groups in total. The van der Waals surface area contributed by atoms with Crippen molar-refractivity contribution in [2.45, 2.75) is 11.4 Å². The van der Waals surface area contributed by atoms with Crippen molar-refractivity contribution < 1.29 is 14.6 Å². The normalized spacial score (nSPS) is 14.6. The maximum atomic E-state index is 11.1. The summed E-state index contributed by atoms with van der Waals surface area (Å²) in [5.41, 5.74) is 3.20. The van der Waals surface area contributed by atoms with Gasteiger partial charge in [-0.1, -0.05) is 48.2 Å². The second kappa shape index (κ2) is 7.69. The Morgan fingerprint density at radius 1 is 1.21 bits per heavy atom. The number of nitrogens with one attached hydrogen (secondary N) is 1. The molecule has 2 heterocycles. The van der Waals surface area contributed by atoms with Gasteiger partial charge < -0.3 is 15.2 Å². The molecule has 0 radical (unpaired) electrons. The van der Waals surface area contributed by atoms with Crippen molar-refractivity contribution in [1.29, 1.82) is 0 Å². The molecule has 0 amide bonds. The fraction of sp³-hybridized carbons (Fsp3) is 0.100. The molecule has 0 saturated carbocycles. The Morgan fingerprint density at radius 3 is 2.75 bits per heavy atom. The highest BCUT2D eigenvalue weighted by atomic mass is 32.2. The van der Waals surface area contributed by atoms with Crippen molar-refractivity contribution in [3.8, 4) is 17.1 Å². The Kier molecular flexibility index (Phi) is 4.94. The average Bonchev–Trinajstić information content (AvgIpc) is 2.88. The van der Waals surface area contributed by atoms with Crippen molar-refractivity contribution in [2.75, 3.05) is 11.1 Å². The number of carboxylic acid groups (broad SMARTS) is 1. The summed E-state index contributed by atoms with van der Waals surface area (Å²) in [4.78, 5) is 15.6. The molecular weight excluding hydrogens is 376 g/mol. The van der Waals surface area contributed by atoms with Crippen LogP contribution in [0.1, 0.15) is 22.1 Å². The number of rotatable bonds is 5. The van der Waals surface area contributed by atoms with Gasteiger partial charge in [-0.2, -0.15) is 4.98 Å². The van der Waals surface area contributed by atoms with Crippen molar-refractivity contribution in [3.63, 3.8) is 0 Å². The van der Waals surface area contributed by atoms with E-state index in [1.54, 1.807) is 30.3 Å². The lowest BCUT2D eigenvalue weighted by atomic mass is 10.1. The molecule has 3 aromatic rings. The molecule has 140 valence electrons. The van der Waals surface area contributed by atoms with Crippen LogP contribution >= 0.6 is 11.8 Å². The monoisotopic (exact) mass is 392 g/mol. The number of aromatic carboxylic acids is 1. The second-order valence-electron chi connectivity index (χ2n) is 5.96. The average molecular weight is 392 g/mol. The van der Waals surface area contributed by atoms with Crippen molar-refractivity contribution in [1.82, 2.24) is 15.2 Å². The molecule has 4 rings (SSSR count). The quantitative estimate of drug-likeness (QED) is 0.496. The van der Waals surface area contributed by atoms with Crippen LogP contribution in [-0.2, 0) is 0 Å². The zero-order valence-electron chi connectivity index (χ0n) is 14.7. The summed E-state index contributed by atoms with van der Waals surface area (Å²) in [6.45, 7) is 3.70. The Balaban J connectivity index is 1.76. The van der Waals surface area contributed by atoms with E-state index in [0.717, 1.165) is 16.8 Å². The van der Waals surface area contributed by atoms with Crippen molar-refractivity contribution >= 4 is 23.4 Å². The maximum absolute atomic E-state index is 11.1. The molecule has 1 aromatic heterocycles. The minimum absolute atomic E-state index is 0.213. The molecule has 0 fully saturated rings. The Morgan fingerprint density at radius 2 is 2.00 bits per heavy atom. The molecule has 0 saturated heterocycles. The number of benzene rings is 2. The summed E-state index contributed by atoms with van der Waals surface area (Å²) < 4.78 is 6.14. The number of aromatic nitrogens is 3. The summed E-state index contributed by atoms with van der Waals surface area (Å²) in [6.07, 6.45) is 1.21. The van der Waals surface area contributed by atoms with Crippen LogP contribution in [-0.4, -0.2) is 32.0 Å². The first-order chi connectivity index (χ1) is 13.7. The van der Waals surface area contributed by atoms with Gasteiger partial charge in [-0.25, -0.2) is 4.79 Å². The number of anilines is 1. The fourth-order valence-corrected chi connectivity index (χ4v) is 3.31. The van der Waals surface area contributed by atoms with Crippen LogP contribution in [0.25, 0.3) is 11.3 Å². The number of carbonyl (C=O) groups is 1. The van der Waals surface area contributed by atoms with E-state index >= 15 is 0 Å². The predicted molar refractivity (Wildman–Crippen MR) is 107 cm³/mol. The van der Waals surface area contributed by atoms with Gasteiger partial charge in [0, 0.05) is 22.6 Å². The lowest BCUT2D eigenvalue weighted by molar-refractivity contribution is 0.0696. The number of nitrogens with zero attached hydrogens (tertiary/aromatic N) is 3. The maximum Gasteiger partial charge on any atom is 0.335 e. The molecule has 28 heavy (non-hydrogen) atoms. The van der Waals surface area contributed by atoms with Crippen LogP contribution in [0.15, 0.2) is 66.3 Å². The summed E-state index contributed by atoms with van der Waals surface area (Å²) >= 11 is 1.42. The topological polar surface area (TPSA) is 97.2 Å². The lowest BCUT2D eigenvalue weighted by Crippen LogP contribution is -2.17. The third kappa shape index (κ3) is 3.54. The van der Waals surface area contributed by atoms with Gasteiger partial charge in [0.1, 0.15) is 0 Å². The van der Waals surface area contributed by atoms with Crippen molar-refractivity contribution in [3.05, 3.63) is 72.3 Å². The third-order valence-corrected chi connectivity index (χ3v) is 4.96. The molecule has 1 aliphatic heterocycles. The lowest BCUT2D eigenvalue weighted by Gasteiger charge is -2.19. The van der Waals surface area contributed by atoms with E-state index in [1.807, 2.05) is 24.3 Å². The SMILES string of the molecule is C=CCSc1nnc2c(n1)OC(c1ccc(C(=O)O)cc1)Nc1ccccc1-2. The van der Waals surface area contributed by atoms with Crippen LogP contribution in [0.4, 0.5) is 5.69 Å². The first-order valence-electron chi connectivity index (χ1n) is 8.50. The Hall–Kier alpha value is -3.39. The van der Waals surface area contributed by atoms with Gasteiger partial charge in [0.25, 0.3) is 0 Å². The summed E-state index contributed by atoms with van der Waals surface area (Å²) in [5.74, 6) is 0.0548. The van der Waals surface area contributed by atoms with E-state index in [4.69, 9.17) is 9.84 Å². The van der Waals surface area contributed by atoms with Gasteiger partial charge in [-0.15, -0.1) is 16.8 Å². The fourth-order valence-electron chi connectivity index (χ4n) is 2.79. The molecule has 8 heteroatoms. The molecular formula is C20H16N4O3S. The zero-order chi connectivity index (χ0) is 19.5. The highest BCUT2D eigenvalue weighted by Gasteiger charge is 2.26. The molecule has 0 spiro atoms. The standard InChI is InChI=1S/C20H16N4O3S/c1-2-11-28-20-22-18-16(23-24-20)14-5-3-4-6-15(14)21-17(27-18)12-7-9-13(10-8-12)19(25)26/h2-10,17,21H,1,11H2,(H,25,26). The molecule has 1 aliphatic rings. The zero-order valence-corrected chi connectivity index (χ0v) is 15.5. The van der Waals surface area contributed by atoms with E-state index in [2.05, 4.69) is 27.1 Å². The van der Waals surface area contributed by atoms with Gasteiger partial charge in [0.15, 0.2) is 11.9 Å². The van der Waals surface area contributed by atoms with Gasteiger partial charge in [0.05, 0.1) is 5.56 Å². The largest absolute Gasteiger partial charge is 0.478 e. The minimum Gasteiger partial charge on any atom is -0.478 e. The Bertz CT molecular complexity index is 1040. The molecule has 0 aliphatic carbocycles. The smallest absolute Gasteiger partial charge is 0.335 e. The van der Waals surface area contributed by atoms with Crippen molar-refractivity contribution in [2.24, 2.45) is 0 Å². The van der Waals surface area contributed by atoms with Crippen LogP contribution in [0, 0.1) is 0 Å². The Labute approximate surface area is 165 Å². The van der Waals surface area contributed by atoms with Crippen LogP contribution < -0.4 is 10.1 Å². The van der Waals surface area contributed by atoms with Gasteiger partial charge >= 0.3 is 5.97 Å². The number of hydrogen-bond acceptors (Lipinski definition) is 7. The van der Waals surface area contributed by atoms with Gasteiger partial charge in [-0.05, 0) is 18.2 Å². The molecule has 1 unspecified atom stereocenters. The number of hydrogen-bond donors (Lipinski definition) is 2. The third-order valence-electron chi connectivity index (χ3n) is 4.12. The number of thioether (sulfide) groups is 1. The van der Waals surface area contributed by atoms with Gasteiger partial charge in [0.2, 0.25) is 11.0 Å². The first kappa shape index (κ1) is 18.0. The second-order valence-corrected chi connectivity index (χ2v) is 6.95. The number of fused-ring (bicyclic) bond motifs is 3. The summed E-state index contributed by atoms with van der Waals surface area (Å²) in [7, 11) is 0. The highest BCUT2D eigenvalue weighted by Crippen LogP contribution is 2.39. The van der Waals surface area contributed by atoms with Crippen LogP contribution in [0.5, 0.6) is 5.88 Å². The number of para-hydroxylation sites is 1. The van der Waals surface area contributed by atoms with E-state index < -0.39 is 12.2 Å². The van der Waals surface area contributed by atoms with Gasteiger partial charge in [-0.3, -0.25) is 0 Å². The van der Waals surface area contributed by atoms with E-state index in [0.29, 0.717) is 22.5 Å². The van der Waals surface area contributed by atoms with E-state index in [9.17, 15) is 4.79 Å². The summed E-state index contributed by atoms with van der Waals surface area (Å²) in [6, 6.07) is 14.2. The minimum atomic E-state index is -0.974. The first-order valence-corrected chi connectivity index (χ1v) is 9.48. The molecule has 2 aromatic carbocycles. The molecule has 0 bridgehead atoms. The van der Waals surface area contributed by atoms with E-state index in [1.165, 1.54) is 11.8 Å². The molecule has 1 atom stereocenters.